The molecule has 2 rings (SSSR count). The van der Waals surface area contributed by atoms with Crippen LogP contribution in [0.3, 0.4) is 0 Å². The van der Waals surface area contributed by atoms with E-state index >= 15 is 0 Å². The summed E-state index contributed by atoms with van der Waals surface area (Å²) >= 11 is 0. The summed E-state index contributed by atoms with van der Waals surface area (Å²) in [5.74, 6) is 0.399. The largest absolute Gasteiger partial charge is 0.497 e. The zero-order valence-electron chi connectivity index (χ0n) is 10.5. The van der Waals surface area contributed by atoms with Gasteiger partial charge in [0.2, 0.25) is 0 Å². The van der Waals surface area contributed by atoms with Crippen LogP contribution in [0.1, 0.15) is 11.1 Å². The highest BCUT2D eigenvalue weighted by Gasteiger charge is 2.33. The van der Waals surface area contributed by atoms with Gasteiger partial charge in [-0.3, -0.25) is 0 Å². The Morgan fingerprint density at radius 3 is 2.35 bits per heavy atom. The lowest BCUT2D eigenvalue weighted by Crippen LogP contribution is -2.07. The van der Waals surface area contributed by atoms with Crippen molar-refractivity contribution in [2.24, 2.45) is 0 Å². The number of ether oxygens (including phenoxy) is 1. The van der Waals surface area contributed by atoms with Gasteiger partial charge in [0.15, 0.2) is 0 Å². The SMILES string of the molecule is COc1ccc(C#N)c(-c2ccccc2C(F)(F)F)c1. The Morgan fingerprint density at radius 2 is 1.75 bits per heavy atom. The molecule has 2 aromatic rings. The van der Waals surface area contributed by atoms with Gasteiger partial charge in [-0.15, -0.1) is 0 Å². The second-order valence-electron chi connectivity index (χ2n) is 4.07. The average Bonchev–Trinajstić information content (AvgIpc) is 2.45. The zero-order chi connectivity index (χ0) is 14.8. The fraction of sp³-hybridized carbons (Fsp3) is 0.133. The van der Waals surface area contributed by atoms with Crippen molar-refractivity contribution in [3.8, 4) is 22.9 Å². The smallest absolute Gasteiger partial charge is 0.417 e. The standard InChI is InChI=1S/C15H10F3NO/c1-20-11-7-6-10(9-19)13(8-11)12-4-2-3-5-14(12)15(16,17)18/h2-8H,1H3. The molecule has 102 valence electrons. The molecule has 2 aromatic carbocycles. The first-order chi connectivity index (χ1) is 9.47. The van der Waals surface area contributed by atoms with E-state index in [2.05, 4.69) is 0 Å². The molecule has 0 aliphatic rings. The van der Waals surface area contributed by atoms with Crippen molar-refractivity contribution in [2.75, 3.05) is 7.11 Å². The van der Waals surface area contributed by atoms with Crippen molar-refractivity contribution < 1.29 is 17.9 Å². The number of nitrogens with zero attached hydrogens (tertiary/aromatic N) is 1. The van der Waals surface area contributed by atoms with Crippen molar-refractivity contribution >= 4 is 0 Å². The lowest BCUT2D eigenvalue weighted by atomic mass is 9.95. The molecule has 0 unspecified atom stereocenters. The summed E-state index contributed by atoms with van der Waals surface area (Å²) in [6.07, 6.45) is -4.48. The molecule has 0 fully saturated rings. The van der Waals surface area contributed by atoms with E-state index in [1.807, 2.05) is 6.07 Å². The molecule has 0 spiro atoms. The molecule has 0 amide bonds. The highest BCUT2D eigenvalue weighted by molar-refractivity contribution is 5.75. The van der Waals surface area contributed by atoms with Gasteiger partial charge in [0.05, 0.1) is 24.3 Å². The van der Waals surface area contributed by atoms with Crippen LogP contribution < -0.4 is 4.74 Å². The third kappa shape index (κ3) is 2.59. The maximum Gasteiger partial charge on any atom is 0.417 e. The monoisotopic (exact) mass is 277 g/mol. The molecular weight excluding hydrogens is 267 g/mol. The van der Waals surface area contributed by atoms with Gasteiger partial charge in [-0.05, 0) is 29.8 Å². The number of benzene rings is 2. The fourth-order valence-electron chi connectivity index (χ4n) is 1.94. The number of hydrogen-bond acceptors (Lipinski definition) is 2. The van der Waals surface area contributed by atoms with Gasteiger partial charge in [-0.1, -0.05) is 18.2 Å². The van der Waals surface area contributed by atoms with E-state index in [0.717, 1.165) is 6.07 Å². The number of halogens is 3. The minimum Gasteiger partial charge on any atom is -0.497 e. The van der Waals surface area contributed by atoms with E-state index in [0.29, 0.717) is 5.75 Å². The topological polar surface area (TPSA) is 33.0 Å². The lowest BCUT2D eigenvalue weighted by molar-refractivity contribution is -0.137. The maximum absolute atomic E-state index is 13.0. The van der Waals surface area contributed by atoms with Crippen LogP contribution in [-0.4, -0.2) is 7.11 Å². The first-order valence-corrected chi connectivity index (χ1v) is 5.72. The van der Waals surface area contributed by atoms with Crippen LogP contribution in [0.25, 0.3) is 11.1 Å². The molecule has 0 N–H and O–H groups in total. The predicted octanol–water partition coefficient (Wildman–Crippen LogP) is 4.25. The summed E-state index contributed by atoms with van der Waals surface area (Å²) in [4.78, 5) is 0. The van der Waals surface area contributed by atoms with E-state index in [1.54, 1.807) is 0 Å². The number of rotatable bonds is 2. The Balaban J connectivity index is 2.72. The lowest BCUT2D eigenvalue weighted by Gasteiger charge is -2.14. The fourth-order valence-corrected chi connectivity index (χ4v) is 1.94. The average molecular weight is 277 g/mol. The molecule has 0 aromatic heterocycles. The Hall–Kier alpha value is -2.48. The summed E-state index contributed by atoms with van der Waals surface area (Å²) in [5, 5.41) is 9.06. The van der Waals surface area contributed by atoms with Crippen molar-refractivity contribution in [1.82, 2.24) is 0 Å². The third-order valence-electron chi connectivity index (χ3n) is 2.87. The minimum atomic E-state index is -4.48. The van der Waals surface area contributed by atoms with Gasteiger partial charge in [-0.25, -0.2) is 0 Å². The van der Waals surface area contributed by atoms with E-state index in [-0.39, 0.29) is 16.7 Å². The summed E-state index contributed by atoms with van der Waals surface area (Å²) in [6, 6.07) is 11.5. The first-order valence-electron chi connectivity index (χ1n) is 5.72. The highest BCUT2D eigenvalue weighted by Crippen LogP contribution is 2.38. The van der Waals surface area contributed by atoms with Crippen molar-refractivity contribution in [2.45, 2.75) is 6.18 Å². The molecule has 0 aliphatic carbocycles. The molecule has 20 heavy (non-hydrogen) atoms. The molecule has 2 nitrogen and oxygen atoms in total. The second-order valence-corrected chi connectivity index (χ2v) is 4.07. The Kier molecular flexibility index (Phi) is 3.66. The van der Waals surface area contributed by atoms with Gasteiger partial charge in [-0.2, -0.15) is 18.4 Å². The van der Waals surface area contributed by atoms with Crippen molar-refractivity contribution in [1.29, 1.82) is 5.26 Å². The first kappa shape index (κ1) is 13.9. The van der Waals surface area contributed by atoms with Gasteiger partial charge in [0, 0.05) is 5.56 Å². The van der Waals surface area contributed by atoms with Crippen LogP contribution in [-0.2, 0) is 6.18 Å². The quantitative estimate of drug-likeness (QED) is 0.822. The van der Waals surface area contributed by atoms with Crippen LogP contribution in [0, 0.1) is 11.3 Å². The van der Waals surface area contributed by atoms with Crippen LogP contribution in [0.5, 0.6) is 5.75 Å². The van der Waals surface area contributed by atoms with E-state index in [1.165, 1.54) is 43.5 Å². The molecule has 0 aliphatic heterocycles. The van der Waals surface area contributed by atoms with Gasteiger partial charge < -0.3 is 4.74 Å². The Morgan fingerprint density at radius 1 is 1.05 bits per heavy atom. The molecule has 0 heterocycles. The number of hydrogen-bond donors (Lipinski definition) is 0. The third-order valence-corrected chi connectivity index (χ3v) is 2.87. The summed E-state index contributed by atoms with van der Waals surface area (Å²) in [7, 11) is 1.42. The van der Waals surface area contributed by atoms with Gasteiger partial charge >= 0.3 is 6.18 Å². The van der Waals surface area contributed by atoms with E-state index in [4.69, 9.17) is 10.00 Å². The predicted molar refractivity (Wildman–Crippen MR) is 68.1 cm³/mol. The van der Waals surface area contributed by atoms with Crippen LogP contribution >= 0.6 is 0 Å². The number of methoxy groups -OCH3 is 1. The molecule has 0 saturated heterocycles. The van der Waals surface area contributed by atoms with Crippen LogP contribution in [0.15, 0.2) is 42.5 Å². The molecule has 5 heteroatoms. The highest BCUT2D eigenvalue weighted by atomic mass is 19.4. The number of alkyl halides is 3. The zero-order valence-corrected chi connectivity index (χ0v) is 10.5. The molecular formula is C15H10F3NO. The molecule has 0 atom stereocenters. The van der Waals surface area contributed by atoms with E-state index in [9.17, 15) is 13.2 Å². The normalized spacial score (nSPS) is 10.9. The van der Waals surface area contributed by atoms with E-state index < -0.39 is 11.7 Å². The minimum absolute atomic E-state index is 0.0320. The van der Waals surface area contributed by atoms with Crippen molar-refractivity contribution in [3.05, 3.63) is 53.6 Å². The summed E-state index contributed by atoms with van der Waals surface area (Å²) < 4.78 is 44.1. The van der Waals surface area contributed by atoms with Crippen LogP contribution in [0.2, 0.25) is 0 Å². The maximum atomic E-state index is 13.0. The van der Waals surface area contributed by atoms with Crippen LogP contribution in [0.4, 0.5) is 13.2 Å². The molecule has 0 radical (unpaired) electrons. The summed E-state index contributed by atoms with van der Waals surface area (Å²) in [6.45, 7) is 0. The second kappa shape index (κ2) is 5.25. The Bertz CT molecular complexity index is 672. The molecule has 0 bridgehead atoms. The summed E-state index contributed by atoms with van der Waals surface area (Å²) in [5.41, 5.74) is -0.428. The number of nitriles is 1. The molecule has 0 saturated carbocycles. The van der Waals surface area contributed by atoms with Gasteiger partial charge in [0.1, 0.15) is 5.75 Å². The van der Waals surface area contributed by atoms with Gasteiger partial charge in [0.25, 0.3) is 0 Å². The van der Waals surface area contributed by atoms with Crippen molar-refractivity contribution in [3.63, 3.8) is 0 Å². The Labute approximate surface area is 114 Å².